The Morgan fingerprint density at radius 3 is 2.76 bits per heavy atom. The van der Waals surface area contributed by atoms with Crippen molar-refractivity contribution in [3.63, 3.8) is 0 Å². The van der Waals surface area contributed by atoms with E-state index in [2.05, 4.69) is 33.1 Å². The van der Waals surface area contributed by atoms with E-state index < -0.39 is 0 Å². The fourth-order valence-electron chi connectivity index (χ4n) is 1.75. The lowest BCUT2D eigenvalue weighted by molar-refractivity contribution is 0.102. The van der Waals surface area contributed by atoms with Gasteiger partial charge in [-0.2, -0.15) is 0 Å². The highest BCUT2D eigenvalue weighted by Gasteiger charge is 2.11. The molecular formula is C15H12ClIN2O2. The second-order valence-electron chi connectivity index (χ2n) is 4.34. The molecule has 2 rings (SSSR count). The van der Waals surface area contributed by atoms with Crippen LogP contribution in [0, 0.1) is 3.57 Å². The van der Waals surface area contributed by atoms with Crippen LogP contribution < -0.4 is 5.32 Å². The zero-order valence-corrected chi connectivity index (χ0v) is 14.0. The SMILES string of the molecule is C/C(=N/O)c1cccc(NC(=O)c2cc(Cl)ccc2I)c1. The third-order valence-corrected chi connectivity index (χ3v) is 4.04. The van der Waals surface area contributed by atoms with E-state index in [1.807, 2.05) is 0 Å². The van der Waals surface area contributed by atoms with Gasteiger partial charge in [0.2, 0.25) is 0 Å². The van der Waals surface area contributed by atoms with E-state index in [9.17, 15) is 4.79 Å². The average Bonchev–Trinajstić information content (AvgIpc) is 2.49. The fraction of sp³-hybridized carbons (Fsp3) is 0.0667. The van der Waals surface area contributed by atoms with Gasteiger partial charge in [-0.15, -0.1) is 0 Å². The molecule has 0 saturated heterocycles. The van der Waals surface area contributed by atoms with Gasteiger partial charge in [0.1, 0.15) is 0 Å². The maximum atomic E-state index is 12.3. The summed E-state index contributed by atoms with van der Waals surface area (Å²) in [7, 11) is 0. The molecule has 0 radical (unpaired) electrons. The van der Waals surface area contributed by atoms with Crippen LogP contribution in [0.25, 0.3) is 0 Å². The van der Waals surface area contributed by atoms with E-state index >= 15 is 0 Å². The number of halogens is 2. The highest BCUT2D eigenvalue weighted by Crippen LogP contribution is 2.20. The van der Waals surface area contributed by atoms with Crippen LogP contribution in [-0.2, 0) is 0 Å². The number of anilines is 1. The predicted octanol–water partition coefficient (Wildman–Crippen LogP) is 4.40. The summed E-state index contributed by atoms with van der Waals surface area (Å²) in [6.45, 7) is 1.68. The Kier molecular flexibility index (Phi) is 5.19. The standard InChI is InChI=1S/C15H12ClIN2O2/c1-9(19-21)10-3-2-4-12(7-10)18-15(20)13-8-11(16)5-6-14(13)17/h2-8,21H,1H3,(H,18,20)/b19-9-. The van der Waals surface area contributed by atoms with Gasteiger partial charge < -0.3 is 10.5 Å². The molecule has 0 saturated carbocycles. The van der Waals surface area contributed by atoms with Crippen LogP contribution in [0.1, 0.15) is 22.8 Å². The van der Waals surface area contributed by atoms with E-state index in [0.717, 1.165) is 9.13 Å². The molecule has 0 aliphatic rings. The van der Waals surface area contributed by atoms with Gasteiger partial charge in [-0.25, -0.2) is 0 Å². The van der Waals surface area contributed by atoms with Crippen LogP contribution in [0.3, 0.4) is 0 Å². The van der Waals surface area contributed by atoms with Crippen LogP contribution in [0.4, 0.5) is 5.69 Å². The first kappa shape index (κ1) is 15.8. The minimum Gasteiger partial charge on any atom is -0.411 e. The number of benzene rings is 2. The number of nitrogens with one attached hydrogen (secondary N) is 1. The van der Waals surface area contributed by atoms with Gasteiger partial charge in [0.05, 0.1) is 11.3 Å². The topological polar surface area (TPSA) is 61.7 Å². The summed E-state index contributed by atoms with van der Waals surface area (Å²) < 4.78 is 0.818. The first-order valence-electron chi connectivity index (χ1n) is 6.07. The zero-order valence-electron chi connectivity index (χ0n) is 11.1. The Balaban J connectivity index is 2.26. The molecule has 2 aromatic carbocycles. The van der Waals surface area contributed by atoms with Gasteiger partial charge in [-0.3, -0.25) is 4.79 Å². The van der Waals surface area contributed by atoms with Gasteiger partial charge in [-0.05, 0) is 59.8 Å². The summed E-state index contributed by atoms with van der Waals surface area (Å²) in [5, 5.41) is 15.3. The van der Waals surface area contributed by atoms with Crippen molar-refractivity contribution < 1.29 is 10.0 Å². The smallest absolute Gasteiger partial charge is 0.256 e. The maximum absolute atomic E-state index is 12.3. The Morgan fingerprint density at radius 2 is 2.05 bits per heavy atom. The first-order chi connectivity index (χ1) is 10.0. The number of carbonyl (C=O) groups is 1. The lowest BCUT2D eigenvalue weighted by Gasteiger charge is -2.08. The van der Waals surface area contributed by atoms with Gasteiger partial charge in [0, 0.05) is 19.8 Å². The van der Waals surface area contributed by atoms with Crippen molar-refractivity contribution in [3.05, 3.63) is 62.2 Å². The van der Waals surface area contributed by atoms with Crippen LogP contribution in [-0.4, -0.2) is 16.8 Å². The van der Waals surface area contributed by atoms with Crippen molar-refractivity contribution in [1.82, 2.24) is 0 Å². The molecule has 1 amide bonds. The quantitative estimate of drug-likeness (QED) is 0.338. The molecule has 2 aromatic rings. The number of amides is 1. The molecule has 2 N–H and O–H groups in total. The monoisotopic (exact) mass is 414 g/mol. The average molecular weight is 415 g/mol. The summed E-state index contributed by atoms with van der Waals surface area (Å²) in [6.07, 6.45) is 0. The molecule has 0 aromatic heterocycles. The second-order valence-corrected chi connectivity index (χ2v) is 5.94. The number of nitrogens with zero attached hydrogens (tertiary/aromatic N) is 1. The van der Waals surface area contributed by atoms with E-state index in [0.29, 0.717) is 22.0 Å². The zero-order chi connectivity index (χ0) is 15.4. The molecule has 0 heterocycles. The van der Waals surface area contributed by atoms with Crippen LogP contribution in [0.2, 0.25) is 5.02 Å². The van der Waals surface area contributed by atoms with E-state index in [1.54, 1.807) is 49.4 Å². The lowest BCUT2D eigenvalue weighted by atomic mass is 10.1. The van der Waals surface area contributed by atoms with Gasteiger partial charge >= 0.3 is 0 Å². The first-order valence-corrected chi connectivity index (χ1v) is 7.52. The molecule has 0 aliphatic carbocycles. The summed E-state index contributed by atoms with van der Waals surface area (Å²) in [5.74, 6) is -0.238. The molecule has 0 atom stereocenters. The molecule has 0 unspecified atom stereocenters. The Hall–Kier alpha value is -1.60. The number of oxime groups is 1. The highest BCUT2D eigenvalue weighted by atomic mass is 127. The highest BCUT2D eigenvalue weighted by molar-refractivity contribution is 14.1. The summed E-state index contributed by atoms with van der Waals surface area (Å²) >= 11 is 8.01. The Morgan fingerprint density at radius 1 is 1.29 bits per heavy atom. The van der Waals surface area contributed by atoms with Crippen LogP contribution in [0.15, 0.2) is 47.6 Å². The third kappa shape index (κ3) is 3.95. The summed E-state index contributed by atoms with van der Waals surface area (Å²) in [5.41, 5.74) is 2.34. The fourth-order valence-corrected chi connectivity index (χ4v) is 2.50. The minimum absolute atomic E-state index is 0.238. The van der Waals surface area contributed by atoms with Crippen molar-refractivity contribution in [1.29, 1.82) is 0 Å². The van der Waals surface area contributed by atoms with Gasteiger partial charge in [0.15, 0.2) is 0 Å². The van der Waals surface area contributed by atoms with Crippen molar-refractivity contribution in [3.8, 4) is 0 Å². The third-order valence-electron chi connectivity index (χ3n) is 2.86. The lowest BCUT2D eigenvalue weighted by Crippen LogP contribution is -2.13. The van der Waals surface area contributed by atoms with Gasteiger partial charge in [-0.1, -0.05) is 28.9 Å². The molecule has 0 bridgehead atoms. The number of hydrogen-bond acceptors (Lipinski definition) is 3. The van der Waals surface area contributed by atoms with E-state index in [4.69, 9.17) is 16.8 Å². The maximum Gasteiger partial charge on any atom is 0.256 e. The van der Waals surface area contributed by atoms with Crippen molar-refractivity contribution in [2.45, 2.75) is 6.92 Å². The van der Waals surface area contributed by atoms with Crippen LogP contribution in [0.5, 0.6) is 0 Å². The van der Waals surface area contributed by atoms with Gasteiger partial charge in [0.25, 0.3) is 5.91 Å². The molecule has 0 aliphatic heterocycles. The molecule has 0 spiro atoms. The molecule has 6 heteroatoms. The van der Waals surface area contributed by atoms with Crippen molar-refractivity contribution >= 4 is 51.5 Å². The summed E-state index contributed by atoms with van der Waals surface area (Å²) in [4.78, 5) is 12.3. The second kappa shape index (κ2) is 6.91. The van der Waals surface area contributed by atoms with Crippen molar-refractivity contribution in [2.75, 3.05) is 5.32 Å². The largest absolute Gasteiger partial charge is 0.411 e. The van der Waals surface area contributed by atoms with E-state index in [-0.39, 0.29) is 5.91 Å². The Labute approximate surface area is 141 Å². The number of carbonyl (C=O) groups excluding carboxylic acids is 1. The molecule has 4 nitrogen and oxygen atoms in total. The normalized spacial score (nSPS) is 11.3. The van der Waals surface area contributed by atoms with Crippen molar-refractivity contribution in [2.24, 2.45) is 5.16 Å². The Bertz CT molecular complexity index is 717. The van der Waals surface area contributed by atoms with E-state index in [1.165, 1.54) is 0 Å². The van der Waals surface area contributed by atoms with Crippen LogP contribution >= 0.6 is 34.2 Å². The number of hydrogen-bond donors (Lipinski definition) is 2. The molecule has 0 fully saturated rings. The molecule has 21 heavy (non-hydrogen) atoms. The molecular weight excluding hydrogens is 403 g/mol. The molecule has 108 valence electrons. The number of rotatable bonds is 3. The predicted molar refractivity (Wildman–Crippen MR) is 92.6 cm³/mol. The summed E-state index contributed by atoms with van der Waals surface area (Å²) in [6, 6.07) is 12.2. The minimum atomic E-state index is -0.238.